The molecule has 2 aromatic carbocycles. The van der Waals surface area contributed by atoms with E-state index in [1.54, 1.807) is 18.7 Å². The number of hydrogen-bond acceptors (Lipinski definition) is 5. The van der Waals surface area contributed by atoms with Crippen molar-refractivity contribution in [3.05, 3.63) is 64.5 Å². The summed E-state index contributed by atoms with van der Waals surface area (Å²) in [4.78, 5) is 12.1. The Morgan fingerprint density at radius 2 is 1.96 bits per heavy atom. The van der Waals surface area contributed by atoms with Crippen LogP contribution < -0.4 is 15.5 Å². The summed E-state index contributed by atoms with van der Waals surface area (Å²) in [7, 11) is 1.66. The first-order valence-electron chi connectivity index (χ1n) is 8.48. The standard InChI is InChI=1S/C20H22N2O3S/c1-3-17(21-12-13-4-8-16(25-2)9-5-13)14-6-7-15-11-19(20(23)22-24)26-18(15)10-14/h4-11,17,21,24H,3,12H2,1-2H3,(H,22,23). The first-order chi connectivity index (χ1) is 12.6. The van der Waals surface area contributed by atoms with Gasteiger partial charge >= 0.3 is 0 Å². The van der Waals surface area contributed by atoms with Crippen LogP contribution in [0.5, 0.6) is 5.75 Å². The van der Waals surface area contributed by atoms with Crippen molar-refractivity contribution in [2.75, 3.05) is 7.11 Å². The Labute approximate surface area is 156 Å². The van der Waals surface area contributed by atoms with Crippen molar-refractivity contribution >= 4 is 27.3 Å². The van der Waals surface area contributed by atoms with Crippen molar-refractivity contribution in [3.8, 4) is 5.75 Å². The van der Waals surface area contributed by atoms with Crippen LogP contribution in [-0.2, 0) is 6.54 Å². The molecule has 26 heavy (non-hydrogen) atoms. The van der Waals surface area contributed by atoms with Gasteiger partial charge in [-0.2, -0.15) is 0 Å². The number of methoxy groups -OCH3 is 1. The van der Waals surface area contributed by atoms with Crippen LogP contribution in [0.25, 0.3) is 10.1 Å². The molecule has 3 aromatic rings. The fourth-order valence-electron chi connectivity index (χ4n) is 2.91. The summed E-state index contributed by atoms with van der Waals surface area (Å²) in [5.74, 6) is 0.379. The Kier molecular flexibility index (Phi) is 5.88. The molecular weight excluding hydrogens is 348 g/mol. The minimum atomic E-state index is -0.475. The van der Waals surface area contributed by atoms with Gasteiger partial charge in [-0.3, -0.25) is 10.0 Å². The molecule has 0 aliphatic carbocycles. The zero-order chi connectivity index (χ0) is 18.5. The van der Waals surface area contributed by atoms with Gasteiger partial charge in [-0.25, -0.2) is 5.48 Å². The number of benzene rings is 2. The van der Waals surface area contributed by atoms with Gasteiger partial charge in [-0.15, -0.1) is 11.3 Å². The summed E-state index contributed by atoms with van der Waals surface area (Å²) >= 11 is 1.38. The van der Waals surface area contributed by atoms with Crippen molar-refractivity contribution in [2.24, 2.45) is 0 Å². The van der Waals surface area contributed by atoms with Crippen molar-refractivity contribution in [3.63, 3.8) is 0 Å². The molecule has 136 valence electrons. The highest BCUT2D eigenvalue weighted by Gasteiger charge is 2.13. The summed E-state index contributed by atoms with van der Waals surface area (Å²) in [5, 5.41) is 13.4. The van der Waals surface area contributed by atoms with Gasteiger partial charge < -0.3 is 10.1 Å². The van der Waals surface area contributed by atoms with E-state index < -0.39 is 5.91 Å². The molecule has 1 aromatic heterocycles. The van der Waals surface area contributed by atoms with Crippen LogP contribution in [0, 0.1) is 0 Å². The van der Waals surface area contributed by atoms with Crippen LogP contribution in [0.15, 0.2) is 48.5 Å². The second-order valence-electron chi connectivity index (χ2n) is 6.04. The van der Waals surface area contributed by atoms with E-state index in [9.17, 15) is 4.79 Å². The summed E-state index contributed by atoms with van der Waals surface area (Å²) in [6.07, 6.45) is 0.955. The SMILES string of the molecule is CCC(NCc1ccc(OC)cc1)c1ccc2cc(C(=O)NO)sc2c1. The van der Waals surface area contributed by atoms with E-state index in [4.69, 9.17) is 9.94 Å². The molecule has 0 saturated heterocycles. The summed E-state index contributed by atoms with van der Waals surface area (Å²) in [5.41, 5.74) is 4.07. The molecule has 0 spiro atoms. The second-order valence-corrected chi connectivity index (χ2v) is 7.12. The van der Waals surface area contributed by atoms with Gasteiger partial charge in [0, 0.05) is 17.3 Å². The lowest BCUT2D eigenvalue weighted by Crippen LogP contribution is -2.20. The molecule has 6 heteroatoms. The van der Waals surface area contributed by atoms with Gasteiger partial charge in [-0.05, 0) is 47.2 Å². The van der Waals surface area contributed by atoms with E-state index >= 15 is 0 Å². The Bertz CT molecular complexity index is 890. The third-order valence-corrected chi connectivity index (χ3v) is 5.49. The van der Waals surface area contributed by atoms with E-state index in [1.165, 1.54) is 22.5 Å². The van der Waals surface area contributed by atoms with Gasteiger partial charge in [0.15, 0.2) is 0 Å². The van der Waals surface area contributed by atoms with Gasteiger partial charge in [-0.1, -0.05) is 31.2 Å². The third kappa shape index (κ3) is 4.04. The van der Waals surface area contributed by atoms with E-state index in [-0.39, 0.29) is 6.04 Å². The fourth-order valence-corrected chi connectivity index (χ4v) is 3.91. The number of hydrogen-bond donors (Lipinski definition) is 3. The highest BCUT2D eigenvalue weighted by atomic mass is 32.1. The number of ether oxygens (including phenoxy) is 1. The van der Waals surface area contributed by atoms with Gasteiger partial charge in [0.05, 0.1) is 12.0 Å². The highest BCUT2D eigenvalue weighted by molar-refractivity contribution is 7.20. The zero-order valence-corrected chi connectivity index (χ0v) is 15.6. The number of rotatable bonds is 7. The van der Waals surface area contributed by atoms with Crippen LogP contribution in [0.4, 0.5) is 0 Å². The Hall–Kier alpha value is -2.41. The van der Waals surface area contributed by atoms with E-state index in [0.717, 1.165) is 28.8 Å². The molecule has 1 amide bonds. The van der Waals surface area contributed by atoms with Crippen molar-refractivity contribution < 1.29 is 14.7 Å². The molecule has 1 atom stereocenters. The van der Waals surface area contributed by atoms with Crippen LogP contribution in [0.3, 0.4) is 0 Å². The lowest BCUT2D eigenvalue weighted by atomic mass is 10.0. The van der Waals surface area contributed by atoms with Crippen molar-refractivity contribution in [2.45, 2.75) is 25.9 Å². The number of fused-ring (bicyclic) bond motifs is 1. The first-order valence-corrected chi connectivity index (χ1v) is 9.30. The van der Waals surface area contributed by atoms with E-state index in [2.05, 4.69) is 36.5 Å². The molecule has 0 radical (unpaired) electrons. The number of thiophene rings is 1. The predicted octanol–water partition coefficient (Wildman–Crippen LogP) is 4.27. The minimum Gasteiger partial charge on any atom is -0.497 e. The topological polar surface area (TPSA) is 70.6 Å². The second kappa shape index (κ2) is 8.31. The number of hydroxylamine groups is 1. The molecule has 3 rings (SSSR count). The third-order valence-electron chi connectivity index (χ3n) is 4.39. The van der Waals surface area contributed by atoms with Gasteiger partial charge in [0.2, 0.25) is 0 Å². The molecule has 0 bridgehead atoms. The van der Waals surface area contributed by atoms with Crippen LogP contribution in [-0.4, -0.2) is 18.2 Å². The van der Waals surface area contributed by atoms with Crippen LogP contribution >= 0.6 is 11.3 Å². The number of amides is 1. The van der Waals surface area contributed by atoms with Gasteiger partial charge in [0.25, 0.3) is 5.91 Å². The molecule has 1 heterocycles. The number of nitrogens with one attached hydrogen (secondary N) is 2. The molecular formula is C20H22N2O3S. The van der Waals surface area contributed by atoms with Crippen LogP contribution in [0.2, 0.25) is 0 Å². The molecule has 0 aliphatic heterocycles. The molecule has 0 fully saturated rings. The average Bonchev–Trinajstić information content (AvgIpc) is 3.12. The van der Waals surface area contributed by atoms with E-state index in [1.807, 2.05) is 18.2 Å². The average molecular weight is 370 g/mol. The Morgan fingerprint density at radius 1 is 1.19 bits per heavy atom. The molecule has 1 unspecified atom stereocenters. The zero-order valence-electron chi connectivity index (χ0n) is 14.8. The van der Waals surface area contributed by atoms with Crippen molar-refractivity contribution in [1.29, 1.82) is 0 Å². The maximum Gasteiger partial charge on any atom is 0.284 e. The molecule has 5 nitrogen and oxygen atoms in total. The Morgan fingerprint density at radius 3 is 2.62 bits per heavy atom. The smallest absolute Gasteiger partial charge is 0.284 e. The minimum absolute atomic E-state index is 0.221. The van der Waals surface area contributed by atoms with Gasteiger partial charge in [0.1, 0.15) is 5.75 Å². The monoisotopic (exact) mass is 370 g/mol. The lowest BCUT2D eigenvalue weighted by molar-refractivity contribution is 0.0711. The molecule has 0 aliphatic rings. The predicted molar refractivity (Wildman–Crippen MR) is 104 cm³/mol. The summed E-state index contributed by atoms with van der Waals surface area (Å²) < 4.78 is 6.22. The Balaban J connectivity index is 1.75. The number of carbonyl (C=O) groups excluding carboxylic acids is 1. The maximum absolute atomic E-state index is 11.6. The summed E-state index contributed by atoms with van der Waals surface area (Å²) in [6.45, 7) is 2.91. The summed E-state index contributed by atoms with van der Waals surface area (Å²) in [6, 6.07) is 16.3. The number of carbonyl (C=O) groups is 1. The normalized spacial score (nSPS) is 12.1. The lowest BCUT2D eigenvalue weighted by Gasteiger charge is -2.18. The van der Waals surface area contributed by atoms with Crippen LogP contribution in [0.1, 0.15) is 40.2 Å². The van der Waals surface area contributed by atoms with E-state index in [0.29, 0.717) is 4.88 Å². The molecule has 0 saturated carbocycles. The first kappa shape index (κ1) is 18.4. The quantitative estimate of drug-likeness (QED) is 0.429. The maximum atomic E-state index is 11.6. The fraction of sp³-hybridized carbons (Fsp3) is 0.250. The van der Waals surface area contributed by atoms with Crippen molar-refractivity contribution in [1.82, 2.24) is 10.8 Å². The molecule has 3 N–H and O–H groups in total. The highest BCUT2D eigenvalue weighted by Crippen LogP contribution is 2.29. The largest absolute Gasteiger partial charge is 0.497 e.